The lowest BCUT2D eigenvalue weighted by atomic mass is 9.85. The second-order valence-electron chi connectivity index (χ2n) is 7.28. The van der Waals surface area contributed by atoms with Gasteiger partial charge in [-0.25, -0.2) is 4.79 Å². The predicted octanol–water partition coefficient (Wildman–Crippen LogP) is 3.21. The molecule has 28 heavy (non-hydrogen) atoms. The number of nitrogens with one attached hydrogen (secondary N) is 1. The molecule has 0 spiro atoms. The van der Waals surface area contributed by atoms with Crippen LogP contribution in [-0.2, 0) is 19.9 Å². The zero-order valence-corrected chi connectivity index (χ0v) is 17.6. The minimum absolute atomic E-state index is 0.145. The van der Waals surface area contributed by atoms with Gasteiger partial charge in [-0.1, -0.05) is 60.7 Å². The number of benzene rings is 2. The van der Waals surface area contributed by atoms with Crippen molar-refractivity contribution in [2.24, 2.45) is 0 Å². The molecule has 0 saturated heterocycles. The number of ether oxygens (including phenoxy) is 2. The number of hydrogen-bond donors (Lipinski definition) is 1. The summed E-state index contributed by atoms with van der Waals surface area (Å²) in [7, 11) is 0. The summed E-state index contributed by atoms with van der Waals surface area (Å²) in [6.07, 6.45) is 0.692. The molecule has 0 aromatic heterocycles. The molecule has 0 bridgehead atoms. The van der Waals surface area contributed by atoms with Crippen molar-refractivity contribution in [3.05, 3.63) is 71.8 Å². The highest BCUT2D eigenvalue weighted by Gasteiger charge is 2.45. The molecule has 0 saturated carbocycles. The summed E-state index contributed by atoms with van der Waals surface area (Å²) in [4.78, 5) is 14.9. The van der Waals surface area contributed by atoms with Crippen molar-refractivity contribution in [3.8, 4) is 0 Å². The highest BCUT2D eigenvalue weighted by molar-refractivity contribution is 5.86. The molecule has 0 heterocycles. The van der Waals surface area contributed by atoms with Gasteiger partial charge in [-0.2, -0.15) is 0 Å². The Bertz CT molecular complexity index is 657. The average Bonchev–Trinajstić information content (AvgIpc) is 2.73. The molecular formula is C24H34NO3+. The topological polar surface area (TPSA) is 40.0 Å². The summed E-state index contributed by atoms with van der Waals surface area (Å²) in [5, 5.41) is 0. The van der Waals surface area contributed by atoms with Crippen molar-refractivity contribution >= 4 is 5.97 Å². The van der Waals surface area contributed by atoms with E-state index in [1.807, 2.05) is 74.5 Å². The first kappa shape index (κ1) is 22.1. The zero-order chi connectivity index (χ0) is 20.4. The Labute approximate surface area is 169 Å². The number of esters is 1. The SMILES string of the molecule is CC[NH+](CC)CCCOC(=O)C(OC(C)C)(c1ccccc1)c1ccccc1. The van der Waals surface area contributed by atoms with Crippen LogP contribution in [0.1, 0.15) is 45.2 Å². The molecule has 1 N–H and O–H groups in total. The van der Waals surface area contributed by atoms with Crippen LogP contribution in [-0.4, -0.2) is 38.3 Å². The van der Waals surface area contributed by atoms with Crippen molar-refractivity contribution in [2.75, 3.05) is 26.2 Å². The lowest BCUT2D eigenvalue weighted by Gasteiger charge is -2.34. The van der Waals surface area contributed by atoms with Crippen LogP contribution < -0.4 is 4.90 Å². The van der Waals surface area contributed by atoms with Crippen LogP contribution in [0.15, 0.2) is 60.7 Å². The third-order valence-electron chi connectivity index (χ3n) is 4.97. The first-order valence-corrected chi connectivity index (χ1v) is 10.3. The molecule has 0 atom stereocenters. The first-order valence-electron chi connectivity index (χ1n) is 10.3. The van der Waals surface area contributed by atoms with Crippen LogP contribution in [0.4, 0.5) is 0 Å². The summed E-state index contributed by atoms with van der Waals surface area (Å²) < 4.78 is 12.1. The molecule has 0 aliphatic rings. The summed E-state index contributed by atoms with van der Waals surface area (Å²) in [5.74, 6) is -0.354. The van der Waals surface area contributed by atoms with Crippen LogP contribution in [0.2, 0.25) is 0 Å². The van der Waals surface area contributed by atoms with E-state index in [0.717, 1.165) is 37.2 Å². The second-order valence-corrected chi connectivity index (χ2v) is 7.28. The maximum Gasteiger partial charge on any atom is 0.347 e. The van der Waals surface area contributed by atoms with Crippen LogP contribution in [0, 0.1) is 0 Å². The molecule has 0 radical (unpaired) electrons. The lowest BCUT2D eigenvalue weighted by molar-refractivity contribution is -0.896. The third kappa shape index (κ3) is 5.43. The van der Waals surface area contributed by atoms with Crippen LogP contribution >= 0.6 is 0 Å². The molecule has 2 rings (SSSR count). The van der Waals surface area contributed by atoms with Crippen LogP contribution in [0.3, 0.4) is 0 Å². The Hall–Kier alpha value is -2.17. The number of carbonyl (C=O) groups excluding carboxylic acids is 1. The van der Waals surface area contributed by atoms with E-state index in [0.29, 0.717) is 6.61 Å². The second kappa shape index (κ2) is 11.0. The van der Waals surface area contributed by atoms with E-state index in [2.05, 4.69) is 13.8 Å². The van der Waals surface area contributed by atoms with Gasteiger partial charge < -0.3 is 14.4 Å². The highest BCUT2D eigenvalue weighted by atomic mass is 16.6. The molecule has 0 unspecified atom stereocenters. The van der Waals surface area contributed by atoms with Gasteiger partial charge in [-0.15, -0.1) is 0 Å². The number of hydrogen-bond acceptors (Lipinski definition) is 3. The summed E-state index contributed by atoms with van der Waals surface area (Å²) in [6.45, 7) is 11.8. The van der Waals surface area contributed by atoms with E-state index in [4.69, 9.17) is 9.47 Å². The smallest absolute Gasteiger partial charge is 0.347 e. The normalized spacial score (nSPS) is 11.8. The van der Waals surface area contributed by atoms with E-state index >= 15 is 0 Å². The van der Waals surface area contributed by atoms with Crippen molar-refractivity contribution in [1.82, 2.24) is 0 Å². The van der Waals surface area contributed by atoms with E-state index in [1.165, 1.54) is 4.90 Å². The van der Waals surface area contributed by atoms with E-state index in [1.54, 1.807) is 0 Å². The number of carbonyl (C=O) groups is 1. The fourth-order valence-corrected chi connectivity index (χ4v) is 3.48. The summed E-state index contributed by atoms with van der Waals surface area (Å²) in [5.41, 5.74) is 0.308. The predicted molar refractivity (Wildman–Crippen MR) is 112 cm³/mol. The number of rotatable bonds is 11. The van der Waals surface area contributed by atoms with Gasteiger partial charge in [0.2, 0.25) is 5.60 Å². The first-order chi connectivity index (χ1) is 13.5. The standard InChI is InChI=1S/C24H33NO3/c1-5-25(6-2)18-13-19-27-23(26)24(28-20(3)4,21-14-9-7-10-15-21)22-16-11-8-12-17-22/h7-12,14-17,20H,5-6,13,18-19H2,1-4H3/p+1. The maximum absolute atomic E-state index is 13.4. The van der Waals surface area contributed by atoms with Crippen molar-refractivity contribution < 1.29 is 19.2 Å². The molecule has 0 amide bonds. The van der Waals surface area contributed by atoms with E-state index in [-0.39, 0.29) is 12.1 Å². The Balaban J connectivity index is 2.30. The average molecular weight is 385 g/mol. The molecule has 2 aromatic carbocycles. The Morgan fingerprint density at radius 2 is 1.43 bits per heavy atom. The third-order valence-corrected chi connectivity index (χ3v) is 4.97. The number of quaternary nitrogens is 1. The van der Waals surface area contributed by atoms with Gasteiger partial charge in [-0.05, 0) is 38.8 Å². The Morgan fingerprint density at radius 1 is 0.929 bits per heavy atom. The Morgan fingerprint density at radius 3 is 1.86 bits per heavy atom. The van der Waals surface area contributed by atoms with Gasteiger partial charge in [0, 0.05) is 6.42 Å². The zero-order valence-electron chi connectivity index (χ0n) is 17.6. The molecule has 0 fully saturated rings. The van der Waals surface area contributed by atoms with Crippen molar-refractivity contribution in [1.29, 1.82) is 0 Å². The lowest BCUT2D eigenvalue weighted by Crippen LogP contribution is -3.11. The fraction of sp³-hybridized carbons (Fsp3) is 0.458. The minimum Gasteiger partial charge on any atom is -0.463 e. The molecule has 0 aliphatic heterocycles. The maximum atomic E-state index is 13.4. The molecular weight excluding hydrogens is 350 g/mol. The summed E-state index contributed by atoms with van der Waals surface area (Å²) >= 11 is 0. The van der Waals surface area contributed by atoms with Gasteiger partial charge in [0.1, 0.15) is 0 Å². The van der Waals surface area contributed by atoms with E-state index < -0.39 is 5.60 Å². The van der Waals surface area contributed by atoms with Gasteiger partial charge in [0.15, 0.2) is 0 Å². The van der Waals surface area contributed by atoms with E-state index in [9.17, 15) is 4.79 Å². The Kier molecular flexibility index (Phi) is 8.68. The quantitative estimate of drug-likeness (QED) is 0.478. The fourth-order valence-electron chi connectivity index (χ4n) is 3.48. The van der Waals surface area contributed by atoms with Gasteiger partial charge >= 0.3 is 5.97 Å². The summed E-state index contributed by atoms with van der Waals surface area (Å²) in [6, 6.07) is 19.3. The van der Waals surface area contributed by atoms with Crippen LogP contribution in [0.5, 0.6) is 0 Å². The van der Waals surface area contributed by atoms with Gasteiger partial charge in [0.05, 0.1) is 32.3 Å². The molecule has 4 heteroatoms. The van der Waals surface area contributed by atoms with Crippen molar-refractivity contribution in [2.45, 2.75) is 45.8 Å². The largest absolute Gasteiger partial charge is 0.463 e. The van der Waals surface area contributed by atoms with Crippen LogP contribution in [0.25, 0.3) is 0 Å². The molecule has 152 valence electrons. The molecule has 2 aromatic rings. The van der Waals surface area contributed by atoms with Crippen molar-refractivity contribution in [3.63, 3.8) is 0 Å². The molecule has 4 nitrogen and oxygen atoms in total. The minimum atomic E-state index is -1.27. The van der Waals surface area contributed by atoms with Gasteiger partial charge in [-0.3, -0.25) is 0 Å². The molecule has 0 aliphatic carbocycles. The monoisotopic (exact) mass is 384 g/mol. The highest BCUT2D eigenvalue weighted by Crippen LogP contribution is 2.36. The van der Waals surface area contributed by atoms with Gasteiger partial charge in [0.25, 0.3) is 0 Å².